The van der Waals surface area contributed by atoms with Gasteiger partial charge in [-0.3, -0.25) is 0 Å². The highest BCUT2D eigenvalue weighted by Crippen LogP contribution is 2.32. The Morgan fingerprint density at radius 3 is 2.56 bits per heavy atom. The van der Waals surface area contributed by atoms with Gasteiger partial charge < -0.3 is 10.1 Å². The molecule has 0 unspecified atom stereocenters. The van der Waals surface area contributed by atoms with Crippen molar-refractivity contribution in [3.05, 3.63) is 28.8 Å². The molecule has 0 saturated carbocycles. The molecule has 0 aromatic heterocycles. The SMILES string of the molecule is COc1cc(C)c([C@@H]2C[C@H](C)CN2)cc1C. The summed E-state index contributed by atoms with van der Waals surface area (Å²) in [6, 6.07) is 4.94. The Bertz CT molecular complexity index is 387. The van der Waals surface area contributed by atoms with Crippen LogP contribution in [0.1, 0.15) is 36.1 Å². The quantitative estimate of drug-likeness (QED) is 0.825. The zero-order valence-electron chi connectivity index (χ0n) is 10.6. The second-order valence-electron chi connectivity index (χ2n) is 4.98. The molecule has 2 heteroatoms. The average Bonchev–Trinajstić information content (AvgIpc) is 2.67. The van der Waals surface area contributed by atoms with Crippen molar-refractivity contribution in [1.82, 2.24) is 5.32 Å². The summed E-state index contributed by atoms with van der Waals surface area (Å²) in [4.78, 5) is 0. The summed E-state index contributed by atoms with van der Waals surface area (Å²) >= 11 is 0. The van der Waals surface area contributed by atoms with Crippen LogP contribution >= 0.6 is 0 Å². The molecule has 0 spiro atoms. The van der Waals surface area contributed by atoms with Gasteiger partial charge in [-0.25, -0.2) is 0 Å². The maximum atomic E-state index is 5.34. The maximum Gasteiger partial charge on any atom is 0.122 e. The van der Waals surface area contributed by atoms with Gasteiger partial charge in [0.15, 0.2) is 0 Å². The Kier molecular flexibility index (Phi) is 3.20. The summed E-state index contributed by atoms with van der Waals surface area (Å²) in [5, 5.41) is 3.59. The van der Waals surface area contributed by atoms with E-state index in [2.05, 4.69) is 38.2 Å². The van der Waals surface area contributed by atoms with Gasteiger partial charge in [-0.2, -0.15) is 0 Å². The molecular formula is C14H21NO. The molecule has 2 rings (SSSR count). The van der Waals surface area contributed by atoms with Gasteiger partial charge in [0.1, 0.15) is 5.75 Å². The molecule has 1 saturated heterocycles. The van der Waals surface area contributed by atoms with Crippen LogP contribution in [0, 0.1) is 19.8 Å². The maximum absolute atomic E-state index is 5.34. The van der Waals surface area contributed by atoms with Crippen molar-refractivity contribution in [1.29, 1.82) is 0 Å². The Hall–Kier alpha value is -1.02. The van der Waals surface area contributed by atoms with Crippen molar-refractivity contribution in [3.8, 4) is 5.75 Å². The van der Waals surface area contributed by atoms with E-state index in [0.29, 0.717) is 6.04 Å². The van der Waals surface area contributed by atoms with Crippen molar-refractivity contribution in [3.63, 3.8) is 0 Å². The molecule has 1 heterocycles. The van der Waals surface area contributed by atoms with Gasteiger partial charge in [0.2, 0.25) is 0 Å². The van der Waals surface area contributed by atoms with Crippen LogP contribution in [0.15, 0.2) is 12.1 Å². The van der Waals surface area contributed by atoms with Crippen LogP contribution in [0.3, 0.4) is 0 Å². The first kappa shape index (κ1) is 11.5. The van der Waals surface area contributed by atoms with E-state index >= 15 is 0 Å². The summed E-state index contributed by atoms with van der Waals surface area (Å²) < 4.78 is 5.34. The summed E-state index contributed by atoms with van der Waals surface area (Å²) in [6.45, 7) is 7.72. The molecular weight excluding hydrogens is 198 g/mol. The van der Waals surface area contributed by atoms with Crippen molar-refractivity contribution in [2.24, 2.45) is 5.92 Å². The summed E-state index contributed by atoms with van der Waals surface area (Å²) in [5.41, 5.74) is 3.99. The predicted molar refractivity (Wildman–Crippen MR) is 67.0 cm³/mol. The first-order chi connectivity index (χ1) is 7.61. The van der Waals surface area contributed by atoms with E-state index in [4.69, 9.17) is 4.74 Å². The van der Waals surface area contributed by atoms with Gasteiger partial charge in [0.25, 0.3) is 0 Å². The van der Waals surface area contributed by atoms with Gasteiger partial charge in [0, 0.05) is 6.04 Å². The highest BCUT2D eigenvalue weighted by molar-refractivity contribution is 5.43. The zero-order valence-corrected chi connectivity index (χ0v) is 10.6. The molecule has 1 aromatic rings. The number of nitrogens with one attached hydrogen (secondary N) is 1. The third-order valence-electron chi connectivity index (χ3n) is 3.51. The lowest BCUT2D eigenvalue weighted by Crippen LogP contribution is -2.14. The third-order valence-corrected chi connectivity index (χ3v) is 3.51. The lowest BCUT2D eigenvalue weighted by Gasteiger charge is -2.16. The zero-order chi connectivity index (χ0) is 11.7. The lowest BCUT2D eigenvalue weighted by molar-refractivity contribution is 0.411. The van der Waals surface area contributed by atoms with E-state index in [1.165, 1.54) is 23.1 Å². The molecule has 2 nitrogen and oxygen atoms in total. The summed E-state index contributed by atoms with van der Waals surface area (Å²) in [7, 11) is 1.73. The smallest absolute Gasteiger partial charge is 0.122 e. The molecule has 1 fully saturated rings. The monoisotopic (exact) mass is 219 g/mol. The van der Waals surface area contributed by atoms with Gasteiger partial charge in [-0.1, -0.05) is 13.0 Å². The summed E-state index contributed by atoms with van der Waals surface area (Å²) in [5.74, 6) is 1.78. The van der Waals surface area contributed by atoms with Crippen molar-refractivity contribution < 1.29 is 4.74 Å². The minimum atomic E-state index is 0.527. The van der Waals surface area contributed by atoms with Gasteiger partial charge >= 0.3 is 0 Å². The molecule has 1 N–H and O–H groups in total. The molecule has 0 bridgehead atoms. The molecule has 0 radical (unpaired) electrons. The van der Waals surface area contributed by atoms with Crippen molar-refractivity contribution in [2.75, 3.05) is 13.7 Å². The highest BCUT2D eigenvalue weighted by Gasteiger charge is 2.23. The molecule has 1 aromatic carbocycles. The van der Waals surface area contributed by atoms with E-state index in [0.717, 1.165) is 18.2 Å². The molecule has 2 atom stereocenters. The van der Waals surface area contributed by atoms with Crippen molar-refractivity contribution in [2.45, 2.75) is 33.2 Å². The standard InChI is InChI=1S/C14H21NO/c1-9-5-13(15-8-9)12-6-11(3)14(16-4)7-10(12)2/h6-7,9,13,15H,5,8H2,1-4H3/t9-,13-/m0/s1. The minimum Gasteiger partial charge on any atom is -0.496 e. The highest BCUT2D eigenvalue weighted by atomic mass is 16.5. The number of hydrogen-bond donors (Lipinski definition) is 1. The predicted octanol–water partition coefficient (Wildman–Crippen LogP) is 2.98. The fourth-order valence-electron chi connectivity index (χ4n) is 2.56. The normalized spacial score (nSPS) is 24.8. The van der Waals surface area contributed by atoms with Crippen molar-refractivity contribution >= 4 is 0 Å². The van der Waals surface area contributed by atoms with Crippen LogP contribution in [-0.4, -0.2) is 13.7 Å². The average molecular weight is 219 g/mol. The Balaban J connectivity index is 2.31. The first-order valence-corrected chi connectivity index (χ1v) is 6.00. The van der Waals surface area contributed by atoms with Crippen LogP contribution in [0.5, 0.6) is 5.75 Å². The third kappa shape index (κ3) is 2.07. The van der Waals surface area contributed by atoms with Gasteiger partial charge in [-0.05, 0) is 55.5 Å². The van der Waals surface area contributed by atoms with E-state index in [-0.39, 0.29) is 0 Å². The number of rotatable bonds is 2. The number of ether oxygens (including phenoxy) is 1. The Morgan fingerprint density at radius 2 is 2.00 bits per heavy atom. The topological polar surface area (TPSA) is 21.3 Å². The second kappa shape index (κ2) is 4.46. The number of benzene rings is 1. The first-order valence-electron chi connectivity index (χ1n) is 6.00. The van der Waals surface area contributed by atoms with Crippen LogP contribution in [0.2, 0.25) is 0 Å². The summed E-state index contributed by atoms with van der Waals surface area (Å²) in [6.07, 6.45) is 1.24. The molecule has 0 amide bonds. The molecule has 16 heavy (non-hydrogen) atoms. The van der Waals surface area contributed by atoms with E-state index in [1.54, 1.807) is 7.11 Å². The van der Waals surface area contributed by atoms with E-state index < -0.39 is 0 Å². The number of hydrogen-bond acceptors (Lipinski definition) is 2. The van der Waals surface area contributed by atoms with Gasteiger partial charge in [0.05, 0.1) is 7.11 Å². The number of methoxy groups -OCH3 is 1. The lowest BCUT2D eigenvalue weighted by atomic mass is 9.95. The molecule has 1 aliphatic rings. The second-order valence-corrected chi connectivity index (χ2v) is 4.98. The fourth-order valence-corrected chi connectivity index (χ4v) is 2.56. The van der Waals surface area contributed by atoms with E-state index in [9.17, 15) is 0 Å². The van der Waals surface area contributed by atoms with E-state index in [1.807, 2.05) is 0 Å². The molecule has 0 aliphatic carbocycles. The molecule has 88 valence electrons. The minimum absolute atomic E-state index is 0.527. The Labute approximate surface area is 98.0 Å². The largest absolute Gasteiger partial charge is 0.496 e. The van der Waals surface area contributed by atoms with Crippen LogP contribution in [0.4, 0.5) is 0 Å². The Morgan fingerprint density at radius 1 is 1.25 bits per heavy atom. The van der Waals surface area contributed by atoms with Gasteiger partial charge in [-0.15, -0.1) is 0 Å². The van der Waals surface area contributed by atoms with Crippen LogP contribution in [0.25, 0.3) is 0 Å². The van der Waals surface area contributed by atoms with Crippen LogP contribution in [-0.2, 0) is 0 Å². The fraction of sp³-hybridized carbons (Fsp3) is 0.571. The number of aryl methyl sites for hydroxylation is 2. The van der Waals surface area contributed by atoms with Crippen LogP contribution < -0.4 is 10.1 Å². The molecule has 1 aliphatic heterocycles.